The summed E-state index contributed by atoms with van der Waals surface area (Å²) in [5, 5.41) is 2.76. The maximum atomic E-state index is 12.7. The highest BCUT2D eigenvalue weighted by Crippen LogP contribution is 2.22. The van der Waals surface area contributed by atoms with Gasteiger partial charge in [0, 0.05) is 0 Å². The van der Waals surface area contributed by atoms with Crippen LogP contribution in [0.5, 0.6) is 0 Å². The first-order valence-electron chi connectivity index (χ1n) is 6.04. The van der Waals surface area contributed by atoms with Crippen LogP contribution in [-0.4, -0.2) is 31.4 Å². The molecule has 0 radical (unpaired) electrons. The molecule has 1 heterocycles. The minimum absolute atomic E-state index is 0.0187. The van der Waals surface area contributed by atoms with Gasteiger partial charge in [0.2, 0.25) is 5.91 Å². The predicted molar refractivity (Wildman–Crippen MR) is 69.9 cm³/mol. The van der Waals surface area contributed by atoms with Gasteiger partial charge in [-0.1, -0.05) is 12.1 Å². The highest BCUT2D eigenvalue weighted by Gasteiger charge is 2.39. The van der Waals surface area contributed by atoms with Crippen LogP contribution in [0, 0.1) is 5.82 Å². The molecular formula is C13H16FNO3S. The fraction of sp³-hybridized carbons (Fsp3) is 0.462. The van der Waals surface area contributed by atoms with Gasteiger partial charge in [-0.2, -0.15) is 0 Å². The van der Waals surface area contributed by atoms with Crippen LogP contribution in [0.1, 0.15) is 18.9 Å². The Morgan fingerprint density at radius 2 is 2.00 bits per heavy atom. The molecule has 1 aliphatic rings. The fourth-order valence-corrected chi connectivity index (χ4v) is 4.37. The first-order valence-corrected chi connectivity index (χ1v) is 7.86. The Bertz CT molecular complexity index is 582. The van der Waals surface area contributed by atoms with Gasteiger partial charge in [0.05, 0.1) is 23.5 Å². The molecule has 104 valence electrons. The van der Waals surface area contributed by atoms with E-state index in [1.54, 1.807) is 19.1 Å². The van der Waals surface area contributed by atoms with Crippen LogP contribution in [0.3, 0.4) is 0 Å². The third-order valence-electron chi connectivity index (χ3n) is 3.22. The first kappa shape index (κ1) is 14.0. The maximum absolute atomic E-state index is 12.7. The van der Waals surface area contributed by atoms with E-state index >= 15 is 0 Å². The summed E-state index contributed by atoms with van der Waals surface area (Å²) in [5.41, 5.74) is 0.0130. The van der Waals surface area contributed by atoms with Gasteiger partial charge in [0.15, 0.2) is 9.84 Å². The molecule has 1 unspecified atom stereocenters. The molecule has 1 aliphatic heterocycles. The van der Waals surface area contributed by atoms with Crippen molar-refractivity contribution < 1.29 is 17.6 Å². The highest BCUT2D eigenvalue weighted by atomic mass is 32.2. The first-order chi connectivity index (χ1) is 8.78. The molecule has 19 heavy (non-hydrogen) atoms. The van der Waals surface area contributed by atoms with Crippen LogP contribution in [-0.2, 0) is 21.1 Å². The second kappa shape index (κ2) is 4.92. The van der Waals surface area contributed by atoms with Gasteiger partial charge in [-0.05, 0) is 31.0 Å². The lowest BCUT2D eigenvalue weighted by Gasteiger charge is -2.23. The molecule has 1 fully saturated rings. The summed E-state index contributed by atoms with van der Waals surface area (Å²) in [5.74, 6) is -0.501. The van der Waals surface area contributed by atoms with Crippen LogP contribution < -0.4 is 5.32 Å². The normalized spacial score (nSPS) is 25.2. The van der Waals surface area contributed by atoms with Crippen molar-refractivity contribution in [2.45, 2.75) is 25.3 Å². The van der Waals surface area contributed by atoms with Crippen molar-refractivity contribution in [2.24, 2.45) is 0 Å². The predicted octanol–water partition coefficient (Wildman–Crippen LogP) is 1.06. The van der Waals surface area contributed by atoms with Gasteiger partial charge in [-0.15, -0.1) is 0 Å². The number of hydrogen-bond acceptors (Lipinski definition) is 3. The minimum Gasteiger partial charge on any atom is -0.350 e. The Labute approximate surface area is 111 Å². The van der Waals surface area contributed by atoms with Crippen molar-refractivity contribution in [3.63, 3.8) is 0 Å². The molecule has 1 N–H and O–H groups in total. The second-order valence-electron chi connectivity index (χ2n) is 5.25. The third-order valence-corrected chi connectivity index (χ3v) is 5.13. The van der Waals surface area contributed by atoms with Crippen molar-refractivity contribution in [1.29, 1.82) is 0 Å². The Kier molecular flexibility index (Phi) is 3.62. The lowest BCUT2D eigenvalue weighted by Crippen LogP contribution is -2.47. The van der Waals surface area contributed by atoms with Crippen molar-refractivity contribution in [1.82, 2.24) is 5.32 Å². The standard InChI is InChI=1S/C13H16FNO3S/c1-13(6-7-19(17,18)9-13)15-12(16)8-10-2-4-11(14)5-3-10/h2-5H,6-9H2,1H3,(H,15,16). The topological polar surface area (TPSA) is 63.2 Å². The molecule has 1 atom stereocenters. The largest absolute Gasteiger partial charge is 0.350 e. The Morgan fingerprint density at radius 1 is 1.37 bits per heavy atom. The number of sulfone groups is 1. The average Bonchev–Trinajstić information content (AvgIpc) is 2.56. The molecule has 0 aliphatic carbocycles. The summed E-state index contributed by atoms with van der Waals surface area (Å²) < 4.78 is 35.6. The van der Waals surface area contributed by atoms with E-state index in [-0.39, 0.29) is 29.7 Å². The van der Waals surface area contributed by atoms with E-state index in [1.807, 2.05) is 0 Å². The Hall–Kier alpha value is -1.43. The van der Waals surface area contributed by atoms with Crippen LogP contribution in [0.2, 0.25) is 0 Å². The Morgan fingerprint density at radius 3 is 2.53 bits per heavy atom. The molecule has 0 spiro atoms. The zero-order valence-corrected chi connectivity index (χ0v) is 11.5. The number of carbonyl (C=O) groups excluding carboxylic acids is 1. The molecule has 0 saturated carbocycles. The van der Waals surface area contributed by atoms with Crippen molar-refractivity contribution in [3.8, 4) is 0 Å². The second-order valence-corrected chi connectivity index (χ2v) is 7.44. The van der Waals surface area contributed by atoms with Crippen molar-refractivity contribution in [2.75, 3.05) is 11.5 Å². The summed E-state index contributed by atoms with van der Waals surface area (Å²) in [6.45, 7) is 1.74. The van der Waals surface area contributed by atoms with Crippen molar-refractivity contribution in [3.05, 3.63) is 35.6 Å². The summed E-state index contributed by atoms with van der Waals surface area (Å²) in [4.78, 5) is 11.9. The molecular weight excluding hydrogens is 269 g/mol. The molecule has 6 heteroatoms. The highest BCUT2D eigenvalue weighted by molar-refractivity contribution is 7.91. The average molecular weight is 285 g/mol. The zero-order valence-electron chi connectivity index (χ0n) is 10.6. The van der Waals surface area contributed by atoms with E-state index in [4.69, 9.17) is 0 Å². The van der Waals surface area contributed by atoms with E-state index in [9.17, 15) is 17.6 Å². The molecule has 4 nitrogen and oxygen atoms in total. The minimum atomic E-state index is -3.04. The number of amides is 1. The van der Waals surface area contributed by atoms with Gasteiger partial charge in [-0.3, -0.25) is 4.79 Å². The number of halogens is 1. The molecule has 0 aromatic heterocycles. The Balaban J connectivity index is 1.97. The third kappa shape index (κ3) is 3.76. The lowest BCUT2D eigenvalue weighted by atomic mass is 10.0. The fourth-order valence-electron chi connectivity index (χ4n) is 2.28. The smallest absolute Gasteiger partial charge is 0.224 e. The van der Waals surface area contributed by atoms with Crippen LogP contribution in [0.25, 0.3) is 0 Å². The van der Waals surface area contributed by atoms with Gasteiger partial charge < -0.3 is 5.32 Å². The number of rotatable bonds is 3. The van der Waals surface area contributed by atoms with E-state index < -0.39 is 15.4 Å². The molecule has 2 rings (SSSR count). The lowest BCUT2D eigenvalue weighted by molar-refractivity contribution is -0.121. The van der Waals surface area contributed by atoms with E-state index in [0.717, 1.165) is 0 Å². The van der Waals surface area contributed by atoms with Crippen molar-refractivity contribution >= 4 is 15.7 Å². The van der Waals surface area contributed by atoms with Gasteiger partial charge in [0.25, 0.3) is 0 Å². The van der Waals surface area contributed by atoms with Crippen LogP contribution >= 0.6 is 0 Å². The quantitative estimate of drug-likeness (QED) is 0.903. The SMILES string of the molecule is CC1(NC(=O)Cc2ccc(F)cc2)CCS(=O)(=O)C1. The summed E-state index contributed by atoms with van der Waals surface area (Å²) in [6.07, 6.45) is 0.556. The number of hydrogen-bond donors (Lipinski definition) is 1. The summed E-state index contributed by atoms with van der Waals surface area (Å²) in [6, 6.07) is 5.68. The molecule has 1 aromatic rings. The molecule has 1 amide bonds. The van der Waals surface area contributed by atoms with Gasteiger partial charge in [0.1, 0.15) is 5.82 Å². The monoisotopic (exact) mass is 285 g/mol. The summed E-state index contributed by atoms with van der Waals surface area (Å²) >= 11 is 0. The van der Waals surface area contributed by atoms with Gasteiger partial charge in [-0.25, -0.2) is 12.8 Å². The maximum Gasteiger partial charge on any atom is 0.224 e. The molecule has 1 saturated heterocycles. The summed E-state index contributed by atoms with van der Waals surface area (Å²) in [7, 11) is -3.04. The van der Waals surface area contributed by atoms with E-state index in [1.165, 1.54) is 12.1 Å². The molecule has 1 aromatic carbocycles. The van der Waals surface area contributed by atoms with E-state index in [0.29, 0.717) is 12.0 Å². The number of nitrogens with one attached hydrogen (secondary N) is 1. The number of carbonyl (C=O) groups is 1. The van der Waals surface area contributed by atoms with E-state index in [2.05, 4.69) is 5.32 Å². The van der Waals surface area contributed by atoms with Crippen LogP contribution in [0.4, 0.5) is 4.39 Å². The van der Waals surface area contributed by atoms with Gasteiger partial charge >= 0.3 is 0 Å². The molecule has 0 bridgehead atoms. The number of benzene rings is 1. The zero-order chi connectivity index (χ0) is 14.1. The van der Waals surface area contributed by atoms with Crippen LogP contribution in [0.15, 0.2) is 24.3 Å².